The molecule has 0 fully saturated rings. The van der Waals surface area contributed by atoms with Crippen molar-refractivity contribution in [1.29, 1.82) is 0 Å². The molecule has 1 amide bonds. The lowest BCUT2D eigenvalue weighted by molar-refractivity contribution is 0.0947. The Hall–Kier alpha value is -1.95. The third kappa shape index (κ3) is 4.01. The predicted molar refractivity (Wildman–Crippen MR) is 83.7 cm³/mol. The van der Waals surface area contributed by atoms with Gasteiger partial charge in [0.05, 0.1) is 5.56 Å². The van der Waals surface area contributed by atoms with Gasteiger partial charge in [-0.1, -0.05) is 28.1 Å². The van der Waals surface area contributed by atoms with E-state index in [9.17, 15) is 9.18 Å². The van der Waals surface area contributed by atoms with Crippen molar-refractivity contribution in [3.8, 4) is 0 Å². The first-order valence-electron chi connectivity index (χ1n) is 6.53. The van der Waals surface area contributed by atoms with Gasteiger partial charge in [-0.25, -0.2) is 9.37 Å². The zero-order valence-corrected chi connectivity index (χ0v) is 13.1. The van der Waals surface area contributed by atoms with E-state index in [1.54, 1.807) is 0 Å². The number of carbonyl (C=O) groups is 1. The van der Waals surface area contributed by atoms with Gasteiger partial charge in [-0.15, -0.1) is 0 Å². The first kappa shape index (κ1) is 15.4. The van der Waals surface area contributed by atoms with Crippen LogP contribution >= 0.6 is 15.9 Å². The van der Waals surface area contributed by atoms with E-state index in [0.717, 1.165) is 10.0 Å². The molecule has 0 saturated heterocycles. The highest BCUT2D eigenvalue weighted by atomic mass is 79.9. The van der Waals surface area contributed by atoms with Gasteiger partial charge in [-0.3, -0.25) is 4.79 Å². The molecule has 0 aliphatic heterocycles. The first-order valence-corrected chi connectivity index (χ1v) is 7.32. The molecule has 110 valence electrons. The number of hydrogen-bond acceptors (Lipinski definition) is 3. The van der Waals surface area contributed by atoms with E-state index >= 15 is 0 Å². The second-order valence-electron chi connectivity index (χ2n) is 4.36. The Morgan fingerprint density at radius 3 is 2.90 bits per heavy atom. The molecule has 21 heavy (non-hydrogen) atoms. The van der Waals surface area contributed by atoms with Gasteiger partial charge in [0.25, 0.3) is 5.91 Å². The Balaban J connectivity index is 2.08. The van der Waals surface area contributed by atoms with E-state index in [4.69, 9.17) is 0 Å². The van der Waals surface area contributed by atoms with Crippen LogP contribution < -0.4 is 10.6 Å². The standard InChI is InChI=1S/C15H15BrFN3O/c1-2-18-14-13(17)12(6-7-19-14)15(21)20-9-10-4-3-5-11(16)8-10/h3-8H,2,9H2,1H3,(H,18,19)(H,20,21). The molecule has 2 rings (SSSR count). The molecule has 0 unspecified atom stereocenters. The molecule has 0 radical (unpaired) electrons. The molecule has 2 N–H and O–H groups in total. The smallest absolute Gasteiger partial charge is 0.254 e. The van der Waals surface area contributed by atoms with Gasteiger partial charge < -0.3 is 10.6 Å². The van der Waals surface area contributed by atoms with Gasteiger partial charge in [0.1, 0.15) is 0 Å². The average Bonchev–Trinajstić information content (AvgIpc) is 2.47. The van der Waals surface area contributed by atoms with Crippen LogP contribution in [0.3, 0.4) is 0 Å². The number of nitrogens with one attached hydrogen (secondary N) is 2. The fraction of sp³-hybridized carbons (Fsp3) is 0.200. The molecule has 2 aromatic rings. The summed E-state index contributed by atoms with van der Waals surface area (Å²) < 4.78 is 15.0. The van der Waals surface area contributed by atoms with Gasteiger partial charge in [0, 0.05) is 23.8 Å². The van der Waals surface area contributed by atoms with Gasteiger partial charge in [-0.05, 0) is 30.7 Å². The number of nitrogens with zero attached hydrogens (tertiary/aromatic N) is 1. The first-order chi connectivity index (χ1) is 10.1. The maximum atomic E-state index is 14.1. The van der Waals surface area contributed by atoms with Crippen LogP contribution in [0.1, 0.15) is 22.8 Å². The number of hydrogen-bond donors (Lipinski definition) is 2. The van der Waals surface area contributed by atoms with Crippen molar-refractivity contribution < 1.29 is 9.18 Å². The average molecular weight is 352 g/mol. The van der Waals surface area contributed by atoms with Gasteiger partial charge in [0.15, 0.2) is 11.6 Å². The highest BCUT2D eigenvalue weighted by molar-refractivity contribution is 9.10. The number of aromatic nitrogens is 1. The van der Waals surface area contributed by atoms with Crippen LogP contribution in [0.15, 0.2) is 41.0 Å². The van der Waals surface area contributed by atoms with Crippen molar-refractivity contribution >= 4 is 27.7 Å². The molecule has 0 atom stereocenters. The van der Waals surface area contributed by atoms with E-state index in [-0.39, 0.29) is 11.4 Å². The SMILES string of the molecule is CCNc1nccc(C(=O)NCc2cccc(Br)c2)c1F. The molecule has 0 bridgehead atoms. The summed E-state index contributed by atoms with van der Waals surface area (Å²) in [7, 11) is 0. The summed E-state index contributed by atoms with van der Waals surface area (Å²) in [5.41, 5.74) is 0.912. The predicted octanol–water partition coefficient (Wildman–Crippen LogP) is 3.35. The highest BCUT2D eigenvalue weighted by Crippen LogP contribution is 2.15. The fourth-order valence-electron chi connectivity index (χ4n) is 1.83. The van der Waals surface area contributed by atoms with E-state index in [1.165, 1.54) is 12.3 Å². The van der Waals surface area contributed by atoms with E-state index < -0.39 is 11.7 Å². The Labute approximate surface area is 130 Å². The molecule has 0 aliphatic rings. The van der Waals surface area contributed by atoms with Crippen LogP contribution in [0.4, 0.5) is 10.2 Å². The number of anilines is 1. The zero-order chi connectivity index (χ0) is 15.2. The maximum absolute atomic E-state index is 14.1. The third-order valence-electron chi connectivity index (χ3n) is 2.82. The van der Waals surface area contributed by atoms with Gasteiger partial charge in [-0.2, -0.15) is 0 Å². The molecule has 1 heterocycles. The second kappa shape index (κ2) is 7.17. The number of rotatable bonds is 5. The lowest BCUT2D eigenvalue weighted by Gasteiger charge is -2.09. The van der Waals surface area contributed by atoms with Crippen LogP contribution in [-0.2, 0) is 6.54 Å². The van der Waals surface area contributed by atoms with Crippen LogP contribution in [0.25, 0.3) is 0 Å². The quantitative estimate of drug-likeness (QED) is 0.868. The lowest BCUT2D eigenvalue weighted by atomic mass is 10.2. The molecular weight excluding hydrogens is 337 g/mol. The molecule has 6 heteroatoms. The number of benzene rings is 1. The van der Waals surface area contributed by atoms with Crippen LogP contribution in [0.2, 0.25) is 0 Å². The normalized spacial score (nSPS) is 10.2. The van der Waals surface area contributed by atoms with Crippen LogP contribution in [0.5, 0.6) is 0 Å². The Morgan fingerprint density at radius 1 is 1.38 bits per heavy atom. The summed E-state index contributed by atoms with van der Waals surface area (Å²) in [5.74, 6) is -1.01. The van der Waals surface area contributed by atoms with E-state index in [1.807, 2.05) is 31.2 Å². The molecular formula is C15H15BrFN3O. The van der Waals surface area contributed by atoms with Crippen molar-refractivity contribution in [2.45, 2.75) is 13.5 Å². The summed E-state index contributed by atoms with van der Waals surface area (Å²) in [5, 5.41) is 5.48. The molecule has 1 aromatic carbocycles. The van der Waals surface area contributed by atoms with Gasteiger partial charge in [0.2, 0.25) is 0 Å². The van der Waals surface area contributed by atoms with E-state index in [2.05, 4.69) is 31.5 Å². The minimum Gasteiger partial charge on any atom is -0.368 e. The number of pyridine rings is 1. The van der Waals surface area contributed by atoms with Crippen LogP contribution in [0, 0.1) is 5.82 Å². The molecule has 0 spiro atoms. The summed E-state index contributed by atoms with van der Waals surface area (Å²) in [4.78, 5) is 15.9. The Kier molecular flexibility index (Phi) is 5.27. The second-order valence-corrected chi connectivity index (χ2v) is 5.28. The zero-order valence-electron chi connectivity index (χ0n) is 11.5. The summed E-state index contributed by atoms with van der Waals surface area (Å²) in [6.45, 7) is 2.70. The summed E-state index contributed by atoms with van der Waals surface area (Å²) in [6, 6.07) is 8.93. The van der Waals surface area contributed by atoms with Crippen molar-refractivity contribution in [3.05, 3.63) is 57.9 Å². The topological polar surface area (TPSA) is 54.0 Å². The van der Waals surface area contributed by atoms with E-state index in [0.29, 0.717) is 13.1 Å². The number of halogens is 2. The Bertz CT molecular complexity index is 649. The molecule has 0 aliphatic carbocycles. The van der Waals surface area contributed by atoms with Crippen molar-refractivity contribution in [3.63, 3.8) is 0 Å². The van der Waals surface area contributed by atoms with Gasteiger partial charge >= 0.3 is 0 Å². The van der Waals surface area contributed by atoms with Crippen LogP contribution in [-0.4, -0.2) is 17.4 Å². The number of amides is 1. The third-order valence-corrected chi connectivity index (χ3v) is 3.31. The monoisotopic (exact) mass is 351 g/mol. The maximum Gasteiger partial charge on any atom is 0.254 e. The Morgan fingerprint density at radius 2 is 2.19 bits per heavy atom. The minimum atomic E-state index is -0.633. The lowest BCUT2D eigenvalue weighted by Crippen LogP contribution is -2.24. The minimum absolute atomic E-state index is 0.0176. The summed E-state index contributed by atoms with van der Waals surface area (Å²) >= 11 is 3.36. The fourth-order valence-corrected chi connectivity index (χ4v) is 2.28. The molecule has 0 saturated carbocycles. The summed E-state index contributed by atoms with van der Waals surface area (Å²) in [6.07, 6.45) is 1.41. The van der Waals surface area contributed by atoms with Crippen molar-refractivity contribution in [2.24, 2.45) is 0 Å². The largest absolute Gasteiger partial charge is 0.368 e. The molecule has 4 nitrogen and oxygen atoms in total. The van der Waals surface area contributed by atoms with Crippen molar-refractivity contribution in [2.75, 3.05) is 11.9 Å². The number of carbonyl (C=O) groups excluding carboxylic acids is 1. The highest BCUT2D eigenvalue weighted by Gasteiger charge is 2.15. The molecule has 1 aromatic heterocycles. The van der Waals surface area contributed by atoms with Crippen molar-refractivity contribution in [1.82, 2.24) is 10.3 Å².